The number of likely N-dealkylation sites (N-methyl/N-ethyl adjacent to an activating group) is 1. The van der Waals surface area contributed by atoms with Crippen molar-refractivity contribution >= 4 is 28.5 Å². The van der Waals surface area contributed by atoms with Crippen LogP contribution in [-0.4, -0.2) is 77.1 Å². The number of hydrogen-bond acceptors (Lipinski definition) is 5. The number of nitrogens with zero attached hydrogens (tertiary/aromatic N) is 5. The second-order valence-electron chi connectivity index (χ2n) is 8.18. The second kappa shape index (κ2) is 7.94. The van der Waals surface area contributed by atoms with E-state index in [1.165, 1.54) is 39.0 Å². The first-order valence-electron chi connectivity index (χ1n) is 10.5. The zero-order chi connectivity index (χ0) is 19.8. The molecule has 2 aliphatic heterocycles. The number of nitrogens with one attached hydrogen (secondary N) is 1. The molecule has 3 aromatic rings. The van der Waals surface area contributed by atoms with Crippen molar-refractivity contribution in [3.63, 3.8) is 0 Å². The number of rotatable bonds is 3. The van der Waals surface area contributed by atoms with Crippen molar-refractivity contribution < 1.29 is 0 Å². The molecule has 0 bridgehead atoms. The van der Waals surface area contributed by atoms with Crippen LogP contribution in [0.15, 0.2) is 36.5 Å². The summed E-state index contributed by atoms with van der Waals surface area (Å²) in [6.45, 7) is 6.81. The van der Waals surface area contributed by atoms with Crippen LogP contribution in [0, 0.1) is 0 Å². The Bertz CT molecular complexity index is 953. The number of aromatic nitrogens is 3. The Morgan fingerprint density at radius 3 is 2.55 bits per heavy atom. The lowest BCUT2D eigenvalue weighted by Crippen LogP contribution is -2.52. The van der Waals surface area contributed by atoms with Gasteiger partial charge in [-0.25, -0.2) is 9.97 Å². The Hall–Kier alpha value is -2.15. The third-order valence-electron chi connectivity index (χ3n) is 6.33. The fourth-order valence-corrected chi connectivity index (χ4v) is 4.70. The molecule has 2 fully saturated rings. The molecule has 0 aliphatic carbocycles. The maximum Gasteiger partial charge on any atom is 0.140 e. The summed E-state index contributed by atoms with van der Waals surface area (Å²) in [6, 6.07) is 10.8. The van der Waals surface area contributed by atoms with Gasteiger partial charge in [0.2, 0.25) is 0 Å². The number of piperazine rings is 1. The first kappa shape index (κ1) is 18.9. The highest BCUT2D eigenvalue weighted by atomic mass is 35.5. The van der Waals surface area contributed by atoms with Crippen LogP contribution in [0.1, 0.15) is 12.8 Å². The van der Waals surface area contributed by atoms with Gasteiger partial charge in [-0.2, -0.15) is 0 Å². The van der Waals surface area contributed by atoms with Crippen molar-refractivity contribution in [2.24, 2.45) is 0 Å². The Morgan fingerprint density at radius 2 is 1.79 bits per heavy atom. The largest absolute Gasteiger partial charge is 0.356 e. The molecule has 0 spiro atoms. The first-order valence-corrected chi connectivity index (χ1v) is 10.8. The fraction of sp³-hybridized carbons (Fsp3) is 0.455. The molecule has 0 atom stereocenters. The van der Waals surface area contributed by atoms with Gasteiger partial charge in [-0.1, -0.05) is 23.7 Å². The highest BCUT2D eigenvalue weighted by Gasteiger charge is 2.27. The van der Waals surface area contributed by atoms with Crippen molar-refractivity contribution in [2.75, 3.05) is 51.2 Å². The first-order chi connectivity index (χ1) is 14.2. The van der Waals surface area contributed by atoms with E-state index in [2.05, 4.69) is 37.8 Å². The number of pyridine rings is 1. The molecule has 152 valence electrons. The van der Waals surface area contributed by atoms with E-state index in [1.807, 2.05) is 24.3 Å². The fourth-order valence-electron chi connectivity index (χ4n) is 4.51. The Labute approximate surface area is 176 Å². The van der Waals surface area contributed by atoms with E-state index in [4.69, 9.17) is 16.6 Å². The number of fused-ring (bicyclic) bond motifs is 1. The lowest BCUT2D eigenvalue weighted by Gasteiger charge is -2.42. The zero-order valence-electron chi connectivity index (χ0n) is 16.8. The summed E-state index contributed by atoms with van der Waals surface area (Å²) in [4.78, 5) is 20.2. The standard InChI is InChI=1S/C22H27ClN6/c1-27-10-12-28(13-11-27)16-6-8-29(9-7-16)21-14-17(18(23)15-24-21)22-25-19-4-2-3-5-20(19)26-22/h2-5,14-16H,6-13H2,1H3,(H,25,26). The summed E-state index contributed by atoms with van der Waals surface area (Å²) < 4.78 is 0. The second-order valence-corrected chi connectivity index (χ2v) is 8.59. The van der Waals surface area contributed by atoms with E-state index in [1.54, 1.807) is 6.20 Å². The smallest absolute Gasteiger partial charge is 0.140 e. The molecule has 1 aromatic carbocycles. The number of aromatic amines is 1. The number of anilines is 1. The van der Waals surface area contributed by atoms with Crippen LogP contribution < -0.4 is 4.90 Å². The molecule has 2 saturated heterocycles. The summed E-state index contributed by atoms with van der Waals surface area (Å²) in [5.41, 5.74) is 2.88. The highest BCUT2D eigenvalue weighted by Crippen LogP contribution is 2.31. The Morgan fingerprint density at radius 1 is 1.03 bits per heavy atom. The number of hydrogen-bond donors (Lipinski definition) is 1. The van der Waals surface area contributed by atoms with E-state index in [9.17, 15) is 0 Å². The molecule has 0 saturated carbocycles. The van der Waals surface area contributed by atoms with Crippen molar-refractivity contribution in [2.45, 2.75) is 18.9 Å². The van der Waals surface area contributed by atoms with Gasteiger partial charge in [0.05, 0.1) is 16.1 Å². The molecular weight excluding hydrogens is 384 g/mol. The van der Waals surface area contributed by atoms with Crippen LogP contribution in [-0.2, 0) is 0 Å². The number of piperidine rings is 1. The molecule has 1 N–H and O–H groups in total. The summed E-state index contributed by atoms with van der Waals surface area (Å²) >= 11 is 6.48. The van der Waals surface area contributed by atoms with Crippen LogP contribution in [0.2, 0.25) is 5.02 Å². The van der Waals surface area contributed by atoms with Crippen LogP contribution in [0.3, 0.4) is 0 Å². The SMILES string of the molecule is CN1CCN(C2CCN(c3cc(-c4nc5ccccc5[nH]4)c(Cl)cn3)CC2)CC1. The van der Waals surface area contributed by atoms with Crippen molar-refractivity contribution in [3.05, 3.63) is 41.6 Å². The average molecular weight is 411 g/mol. The van der Waals surface area contributed by atoms with Gasteiger partial charge in [0.25, 0.3) is 0 Å². The number of halogens is 1. The van der Waals surface area contributed by atoms with E-state index >= 15 is 0 Å². The number of benzene rings is 1. The van der Waals surface area contributed by atoms with Crippen molar-refractivity contribution in [3.8, 4) is 11.4 Å². The monoisotopic (exact) mass is 410 g/mol. The summed E-state index contributed by atoms with van der Waals surface area (Å²) in [5, 5.41) is 0.625. The maximum atomic E-state index is 6.48. The van der Waals surface area contributed by atoms with Gasteiger partial charge < -0.3 is 14.8 Å². The molecule has 5 rings (SSSR count). The minimum Gasteiger partial charge on any atom is -0.356 e. The number of imidazole rings is 1. The van der Waals surface area contributed by atoms with Gasteiger partial charge in [0, 0.05) is 57.1 Å². The highest BCUT2D eigenvalue weighted by molar-refractivity contribution is 6.33. The maximum absolute atomic E-state index is 6.48. The minimum atomic E-state index is 0.625. The molecule has 0 amide bonds. The predicted molar refractivity (Wildman–Crippen MR) is 119 cm³/mol. The minimum absolute atomic E-state index is 0.625. The normalized spacial score (nSPS) is 19.9. The Kier molecular flexibility index (Phi) is 5.16. The molecule has 29 heavy (non-hydrogen) atoms. The summed E-state index contributed by atoms with van der Waals surface area (Å²) in [7, 11) is 2.21. The van der Waals surface area contributed by atoms with Crippen molar-refractivity contribution in [1.29, 1.82) is 0 Å². The van der Waals surface area contributed by atoms with Crippen LogP contribution >= 0.6 is 11.6 Å². The van der Waals surface area contributed by atoms with Crippen LogP contribution in [0.4, 0.5) is 5.82 Å². The van der Waals surface area contributed by atoms with Crippen LogP contribution in [0.25, 0.3) is 22.4 Å². The molecular formula is C22H27ClN6. The summed E-state index contributed by atoms with van der Waals surface area (Å²) in [6.07, 6.45) is 4.13. The molecule has 2 aromatic heterocycles. The number of H-pyrrole nitrogens is 1. The van der Waals surface area contributed by atoms with Crippen LogP contribution in [0.5, 0.6) is 0 Å². The van der Waals surface area contributed by atoms with Gasteiger partial charge in [0.1, 0.15) is 11.6 Å². The third kappa shape index (κ3) is 3.84. The predicted octanol–water partition coefficient (Wildman–Crippen LogP) is 3.49. The topological polar surface area (TPSA) is 51.3 Å². The molecule has 0 unspecified atom stereocenters. The van der Waals surface area contributed by atoms with Gasteiger partial charge in [-0.3, -0.25) is 4.90 Å². The quantitative estimate of drug-likeness (QED) is 0.716. The van der Waals surface area contributed by atoms with E-state index < -0.39 is 0 Å². The lowest BCUT2D eigenvalue weighted by molar-refractivity contribution is 0.0981. The molecule has 0 radical (unpaired) electrons. The molecule has 2 aliphatic rings. The lowest BCUT2D eigenvalue weighted by atomic mass is 10.0. The van der Waals surface area contributed by atoms with E-state index in [0.717, 1.165) is 41.3 Å². The van der Waals surface area contributed by atoms with E-state index in [-0.39, 0.29) is 0 Å². The average Bonchev–Trinajstić information content (AvgIpc) is 3.19. The molecule has 7 heteroatoms. The zero-order valence-corrected chi connectivity index (χ0v) is 17.6. The van der Waals surface area contributed by atoms with Gasteiger partial charge in [-0.05, 0) is 38.1 Å². The van der Waals surface area contributed by atoms with Gasteiger partial charge in [-0.15, -0.1) is 0 Å². The van der Waals surface area contributed by atoms with Gasteiger partial charge in [0.15, 0.2) is 0 Å². The number of para-hydroxylation sites is 2. The molecule has 6 nitrogen and oxygen atoms in total. The van der Waals surface area contributed by atoms with Gasteiger partial charge >= 0.3 is 0 Å². The van der Waals surface area contributed by atoms with E-state index in [0.29, 0.717) is 11.1 Å². The third-order valence-corrected chi connectivity index (χ3v) is 6.63. The summed E-state index contributed by atoms with van der Waals surface area (Å²) in [5.74, 6) is 1.79. The van der Waals surface area contributed by atoms with Crippen molar-refractivity contribution in [1.82, 2.24) is 24.8 Å². The molecule has 4 heterocycles. The Balaban J connectivity index is 1.31.